The van der Waals surface area contributed by atoms with Crippen molar-refractivity contribution in [2.45, 2.75) is 90.4 Å². The quantitative estimate of drug-likeness (QED) is 0.244. The van der Waals surface area contributed by atoms with Crippen molar-refractivity contribution in [1.82, 2.24) is 0 Å². The third kappa shape index (κ3) is 13.9. The molecule has 0 rings (SSSR count). The van der Waals surface area contributed by atoms with E-state index in [9.17, 15) is 14.5 Å². The molecule has 0 spiro atoms. The fourth-order valence-electron chi connectivity index (χ4n) is 2.68. The Kier molecular flexibility index (Phi) is 14.5. The van der Waals surface area contributed by atoms with Crippen LogP contribution in [-0.4, -0.2) is 17.0 Å². The van der Waals surface area contributed by atoms with Crippen LogP contribution in [0.1, 0.15) is 90.4 Å². The zero-order chi connectivity index (χ0) is 17.3. The van der Waals surface area contributed by atoms with Crippen LogP contribution in [0.15, 0.2) is 5.34 Å². The van der Waals surface area contributed by atoms with E-state index < -0.39 is 11.9 Å². The highest BCUT2D eigenvalue weighted by atomic mass is 16.7. The Balaban J connectivity index is 3.89. The predicted molar refractivity (Wildman–Crippen MR) is 88.7 cm³/mol. The summed E-state index contributed by atoms with van der Waals surface area (Å²) in [5.41, 5.74) is 0. The number of nitrogens with zero attached hydrogens (tertiary/aromatic N) is 1. The fourth-order valence-corrected chi connectivity index (χ4v) is 2.68. The van der Waals surface area contributed by atoms with Crippen LogP contribution < -0.4 is 0 Å². The second-order valence-electron chi connectivity index (χ2n) is 6.08. The molecule has 0 aliphatic rings. The zero-order valence-electron chi connectivity index (χ0n) is 14.3. The van der Waals surface area contributed by atoms with E-state index in [4.69, 9.17) is 5.11 Å². The highest BCUT2D eigenvalue weighted by Crippen LogP contribution is 2.20. The molecular formula is C17H31NO5. The van der Waals surface area contributed by atoms with Crippen molar-refractivity contribution in [3.63, 3.8) is 0 Å². The van der Waals surface area contributed by atoms with Crippen molar-refractivity contribution >= 4 is 11.9 Å². The molecule has 0 aromatic heterocycles. The van der Waals surface area contributed by atoms with Crippen molar-refractivity contribution in [1.29, 1.82) is 0 Å². The number of hydrogen-bond donors (Lipinski definition) is 1. The molecule has 1 unspecified atom stereocenters. The van der Waals surface area contributed by atoms with Gasteiger partial charge in [-0.05, 0) is 19.3 Å². The Morgan fingerprint density at radius 3 is 1.96 bits per heavy atom. The molecule has 0 aliphatic heterocycles. The lowest BCUT2D eigenvalue weighted by Gasteiger charge is -2.12. The molecule has 0 bridgehead atoms. The van der Waals surface area contributed by atoms with E-state index >= 15 is 0 Å². The molecule has 6 nitrogen and oxygen atoms in total. The number of carbonyl (C=O) groups excluding carboxylic acids is 1. The van der Waals surface area contributed by atoms with E-state index in [0.29, 0.717) is 12.8 Å². The average Bonchev–Trinajstić information content (AvgIpc) is 2.51. The van der Waals surface area contributed by atoms with Crippen LogP contribution in [-0.2, 0) is 14.4 Å². The van der Waals surface area contributed by atoms with Gasteiger partial charge in [0.2, 0.25) is 0 Å². The van der Waals surface area contributed by atoms with Crippen LogP contribution in [0, 0.1) is 10.8 Å². The van der Waals surface area contributed by atoms with Gasteiger partial charge in [-0.15, -0.1) is 4.91 Å². The smallest absolute Gasteiger partial charge is 0.341 e. The van der Waals surface area contributed by atoms with Gasteiger partial charge >= 0.3 is 11.9 Å². The van der Waals surface area contributed by atoms with Crippen LogP contribution >= 0.6 is 0 Å². The summed E-state index contributed by atoms with van der Waals surface area (Å²) in [7, 11) is 0. The molecule has 0 amide bonds. The van der Waals surface area contributed by atoms with Gasteiger partial charge in [-0.1, -0.05) is 64.7 Å². The van der Waals surface area contributed by atoms with E-state index in [1.54, 1.807) is 0 Å². The molecule has 23 heavy (non-hydrogen) atoms. The van der Waals surface area contributed by atoms with Crippen molar-refractivity contribution in [3.05, 3.63) is 4.91 Å². The van der Waals surface area contributed by atoms with Gasteiger partial charge in [0, 0.05) is 6.42 Å². The first-order valence-electron chi connectivity index (χ1n) is 8.87. The number of rotatable bonds is 16. The highest BCUT2D eigenvalue weighted by molar-refractivity contribution is 5.72. The molecule has 1 atom stereocenters. The maximum absolute atomic E-state index is 11.7. The molecule has 0 aliphatic carbocycles. The van der Waals surface area contributed by atoms with E-state index in [2.05, 4.69) is 17.1 Å². The molecule has 0 heterocycles. The summed E-state index contributed by atoms with van der Waals surface area (Å²) in [4.78, 5) is 36.5. The Hall–Kier alpha value is -1.46. The third-order valence-electron chi connectivity index (χ3n) is 4.06. The van der Waals surface area contributed by atoms with E-state index in [0.717, 1.165) is 38.5 Å². The molecule has 0 aromatic rings. The maximum Gasteiger partial charge on any atom is 0.341 e. The van der Waals surface area contributed by atoms with Crippen molar-refractivity contribution in [2.75, 3.05) is 0 Å². The van der Waals surface area contributed by atoms with Crippen molar-refractivity contribution in [3.8, 4) is 0 Å². The second-order valence-corrected chi connectivity index (χ2v) is 6.08. The predicted octanol–water partition coefficient (Wildman–Crippen LogP) is 5.00. The van der Waals surface area contributed by atoms with Gasteiger partial charge in [0.1, 0.15) is 0 Å². The average molecular weight is 329 g/mol. The van der Waals surface area contributed by atoms with Gasteiger partial charge < -0.3 is 5.11 Å². The van der Waals surface area contributed by atoms with Gasteiger partial charge in [-0.25, -0.2) is 4.79 Å². The molecule has 134 valence electrons. The first-order chi connectivity index (χ1) is 11.1. The molecule has 0 fully saturated rings. The normalized spacial score (nSPS) is 11.9. The molecule has 0 saturated heterocycles. The lowest BCUT2D eigenvalue weighted by atomic mass is 9.94. The number of aliphatic carboxylic acids is 1. The second kappa shape index (κ2) is 15.4. The summed E-state index contributed by atoms with van der Waals surface area (Å²) in [5, 5.41) is 10.8. The molecule has 6 heteroatoms. The van der Waals surface area contributed by atoms with Gasteiger partial charge in [-0.2, -0.15) is 0 Å². The van der Waals surface area contributed by atoms with Gasteiger partial charge in [-0.3, -0.25) is 9.63 Å². The standard InChI is InChI=1S/C17H31NO5/c1-2-3-4-5-6-9-12-15(17(21)23-18-22)13-10-7-8-11-14-16(19)20/h15H,2-14H2,1H3,(H,19,20). The minimum Gasteiger partial charge on any atom is -0.481 e. The Morgan fingerprint density at radius 1 is 0.913 bits per heavy atom. The topological polar surface area (TPSA) is 93.0 Å². The Morgan fingerprint density at radius 2 is 1.43 bits per heavy atom. The van der Waals surface area contributed by atoms with E-state index in [1.165, 1.54) is 25.7 Å². The SMILES string of the molecule is CCCCCCCCC(CCCCCCC(=O)O)C(=O)ON=O. The van der Waals surface area contributed by atoms with Gasteiger partial charge in [0.15, 0.2) is 5.34 Å². The summed E-state index contributed by atoms with van der Waals surface area (Å²) in [6, 6.07) is 0. The van der Waals surface area contributed by atoms with Crippen LogP contribution in [0.25, 0.3) is 0 Å². The van der Waals surface area contributed by atoms with Gasteiger partial charge in [0.05, 0.1) is 5.92 Å². The first-order valence-corrected chi connectivity index (χ1v) is 8.87. The molecule has 1 N–H and O–H groups in total. The summed E-state index contributed by atoms with van der Waals surface area (Å²) in [6.45, 7) is 2.18. The molecular weight excluding hydrogens is 298 g/mol. The summed E-state index contributed by atoms with van der Waals surface area (Å²) >= 11 is 0. The number of hydrogen-bond acceptors (Lipinski definition) is 5. The number of carboxylic acids is 1. The van der Waals surface area contributed by atoms with Crippen molar-refractivity contribution in [2.24, 2.45) is 11.3 Å². The molecule has 0 radical (unpaired) electrons. The number of carbonyl (C=O) groups is 2. The lowest BCUT2D eigenvalue weighted by molar-refractivity contribution is -0.149. The largest absolute Gasteiger partial charge is 0.481 e. The minimum absolute atomic E-state index is 0.193. The first kappa shape index (κ1) is 21.5. The highest BCUT2D eigenvalue weighted by Gasteiger charge is 2.20. The maximum atomic E-state index is 11.7. The van der Waals surface area contributed by atoms with Crippen LogP contribution in [0.4, 0.5) is 0 Å². The van der Waals surface area contributed by atoms with Crippen LogP contribution in [0.5, 0.6) is 0 Å². The lowest BCUT2D eigenvalue weighted by Crippen LogP contribution is -2.15. The zero-order valence-corrected chi connectivity index (χ0v) is 14.3. The van der Waals surface area contributed by atoms with Crippen molar-refractivity contribution < 1.29 is 19.5 Å². The fraction of sp³-hybridized carbons (Fsp3) is 0.882. The summed E-state index contributed by atoms with van der Waals surface area (Å²) in [5.74, 6) is -1.57. The number of unbranched alkanes of at least 4 members (excludes halogenated alkanes) is 8. The van der Waals surface area contributed by atoms with Gasteiger partial charge in [0.25, 0.3) is 0 Å². The Bertz CT molecular complexity index is 333. The summed E-state index contributed by atoms with van der Waals surface area (Å²) in [6.07, 6.45) is 11.8. The molecule has 0 aromatic carbocycles. The van der Waals surface area contributed by atoms with Crippen LogP contribution in [0.2, 0.25) is 0 Å². The third-order valence-corrected chi connectivity index (χ3v) is 4.06. The van der Waals surface area contributed by atoms with E-state index in [1.807, 2.05) is 0 Å². The Labute approximate surface area is 138 Å². The van der Waals surface area contributed by atoms with Crippen LogP contribution in [0.3, 0.4) is 0 Å². The van der Waals surface area contributed by atoms with E-state index in [-0.39, 0.29) is 12.3 Å². The summed E-state index contributed by atoms with van der Waals surface area (Å²) < 4.78 is 0. The minimum atomic E-state index is -0.772. The molecule has 0 saturated carbocycles. The number of carboxylic acid groups (broad SMARTS) is 1. The monoisotopic (exact) mass is 329 g/mol.